The number of nitrogens with zero attached hydrogens (tertiary/aromatic N) is 3. The molecule has 1 aliphatic carbocycles. The minimum Gasteiger partial charge on any atom is -0.477 e. The van der Waals surface area contributed by atoms with Crippen molar-refractivity contribution in [2.75, 3.05) is 5.32 Å². The maximum Gasteiger partial charge on any atom is 0.354 e. The molecular formula is C18H18N4O3. The van der Waals surface area contributed by atoms with Crippen LogP contribution in [0.2, 0.25) is 0 Å². The van der Waals surface area contributed by atoms with Gasteiger partial charge in [0.1, 0.15) is 5.82 Å². The molecule has 7 nitrogen and oxygen atoms in total. The van der Waals surface area contributed by atoms with Gasteiger partial charge in [0.25, 0.3) is 0 Å². The van der Waals surface area contributed by atoms with E-state index in [1.54, 1.807) is 24.5 Å². The van der Waals surface area contributed by atoms with Gasteiger partial charge in [0.05, 0.1) is 12.1 Å². The van der Waals surface area contributed by atoms with E-state index < -0.39 is 5.97 Å². The summed E-state index contributed by atoms with van der Waals surface area (Å²) in [6.07, 6.45) is 5.91. The molecule has 0 bridgehead atoms. The molecule has 0 spiro atoms. The van der Waals surface area contributed by atoms with E-state index >= 15 is 0 Å². The van der Waals surface area contributed by atoms with Crippen molar-refractivity contribution >= 4 is 17.7 Å². The second-order valence-corrected chi connectivity index (χ2v) is 6.43. The van der Waals surface area contributed by atoms with Gasteiger partial charge in [0, 0.05) is 24.9 Å². The normalized spacial score (nSPS) is 22.9. The van der Waals surface area contributed by atoms with Crippen molar-refractivity contribution in [3.8, 4) is 0 Å². The SMILES string of the molecule is O=C(O)c1cccc(N[C@@H]2CC(=O)N(C3CC3)[C@H]2c2cccnc2)n1. The molecule has 2 aliphatic rings. The number of carbonyl (C=O) groups excluding carboxylic acids is 1. The third-order valence-electron chi connectivity index (χ3n) is 4.63. The van der Waals surface area contributed by atoms with Gasteiger partial charge in [-0.25, -0.2) is 9.78 Å². The van der Waals surface area contributed by atoms with Crippen LogP contribution in [-0.2, 0) is 4.79 Å². The van der Waals surface area contributed by atoms with Crippen LogP contribution < -0.4 is 5.32 Å². The molecule has 2 fully saturated rings. The number of hydrogen-bond donors (Lipinski definition) is 2. The molecule has 4 rings (SSSR count). The third kappa shape index (κ3) is 3.05. The Labute approximate surface area is 144 Å². The lowest BCUT2D eigenvalue weighted by molar-refractivity contribution is -0.129. The lowest BCUT2D eigenvalue weighted by Gasteiger charge is -2.29. The zero-order valence-electron chi connectivity index (χ0n) is 13.5. The highest BCUT2D eigenvalue weighted by Gasteiger charge is 2.47. The van der Waals surface area contributed by atoms with E-state index in [2.05, 4.69) is 15.3 Å². The van der Waals surface area contributed by atoms with E-state index in [0.29, 0.717) is 18.3 Å². The van der Waals surface area contributed by atoms with Gasteiger partial charge in [0.15, 0.2) is 5.69 Å². The Balaban J connectivity index is 1.64. The standard InChI is InChI=1S/C18H18N4O3/c23-16-9-14(21-15-5-1-4-13(20-15)18(24)25)17(22(16)12-6-7-12)11-3-2-8-19-10-11/h1-5,8,10,12,14,17H,6-7,9H2,(H,20,21)(H,24,25)/t14-,17+/m1/s1. The van der Waals surface area contributed by atoms with E-state index in [0.717, 1.165) is 18.4 Å². The number of likely N-dealkylation sites (tertiary alicyclic amines) is 1. The number of anilines is 1. The summed E-state index contributed by atoms with van der Waals surface area (Å²) in [5.41, 5.74) is 0.957. The number of rotatable bonds is 5. The molecule has 0 unspecified atom stereocenters. The predicted octanol–water partition coefficient (Wildman–Crippen LogP) is 2.09. The molecule has 1 saturated heterocycles. The summed E-state index contributed by atoms with van der Waals surface area (Å²) in [6, 6.07) is 8.65. The predicted molar refractivity (Wildman–Crippen MR) is 90.1 cm³/mol. The van der Waals surface area contributed by atoms with Crippen LogP contribution in [0.4, 0.5) is 5.82 Å². The van der Waals surface area contributed by atoms with Gasteiger partial charge < -0.3 is 15.3 Å². The first kappa shape index (κ1) is 15.6. The van der Waals surface area contributed by atoms with Crippen molar-refractivity contribution in [1.29, 1.82) is 0 Å². The van der Waals surface area contributed by atoms with E-state index in [9.17, 15) is 9.59 Å². The third-order valence-corrected chi connectivity index (χ3v) is 4.63. The summed E-state index contributed by atoms with van der Waals surface area (Å²) in [5, 5.41) is 12.4. The Morgan fingerprint density at radius 1 is 1.24 bits per heavy atom. The van der Waals surface area contributed by atoms with E-state index in [4.69, 9.17) is 5.11 Å². The lowest BCUT2D eigenvalue weighted by atomic mass is 10.0. The molecule has 25 heavy (non-hydrogen) atoms. The summed E-state index contributed by atoms with van der Waals surface area (Å²) in [5.74, 6) is -0.498. The smallest absolute Gasteiger partial charge is 0.354 e. The van der Waals surface area contributed by atoms with Crippen LogP contribution in [0, 0.1) is 0 Å². The highest BCUT2D eigenvalue weighted by molar-refractivity contribution is 5.86. The maximum atomic E-state index is 12.6. The number of aromatic carboxylic acids is 1. The minimum atomic E-state index is -1.07. The molecule has 2 N–H and O–H groups in total. The first-order valence-electron chi connectivity index (χ1n) is 8.31. The quantitative estimate of drug-likeness (QED) is 0.867. The Hall–Kier alpha value is -2.96. The van der Waals surface area contributed by atoms with Gasteiger partial charge in [-0.2, -0.15) is 0 Å². The molecule has 0 aromatic carbocycles. The molecule has 1 aliphatic heterocycles. The molecular weight excluding hydrogens is 320 g/mol. The molecule has 2 aromatic heterocycles. The number of hydrogen-bond acceptors (Lipinski definition) is 5. The average Bonchev–Trinajstić information content (AvgIpc) is 3.40. The Bertz CT molecular complexity index is 807. The largest absolute Gasteiger partial charge is 0.477 e. The van der Waals surface area contributed by atoms with Crippen LogP contribution in [0.3, 0.4) is 0 Å². The lowest BCUT2D eigenvalue weighted by Crippen LogP contribution is -2.34. The summed E-state index contributed by atoms with van der Waals surface area (Å²) in [4.78, 5) is 33.9. The zero-order valence-corrected chi connectivity index (χ0v) is 13.5. The number of amides is 1. The molecule has 2 atom stereocenters. The highest BCUT2D eigenvalue weighted by atomic mass is 16.4. The maximum absolute atomic E-state index is 12.6. The Morgan fingerprint density at radius 2 is 2.08 bits per heavy atom. The molecule has 1 saturated carbocycles. The molecule has 2 aromatic rings. The number of pyridine rings is 2. The molecule has 1 amide bonds. The Kier molecular flexibility index (Phi) is 3.83. The van der Waals surface area contributed by atoms with Crippen molar-refractivity contribution in [2.45, 2.75) is 37.4 Å². The highest BCUT2D eigenvalue weighted by Crippen LogP contribution is 2.42. The first-order valence-corrected chi connectivity index (χ1v) is 8.31. The second-order valence-electron chi connectivity index (χ2n) is 6.43. The number of carboxylic acid groups (broad SMARTS) is 1. The monoisotopic (exact) mass is 338 g/mol. The fraction of sp³-hybridized carbons (Fsp3) is 0.333. The minimum absolute atomic E-state index is 0.0219. The van der Waals surface area contributed by atoms with Crippen LogP contribution in [0.5, 0.6) is 0 Å². The average molecular weight is 338 g/mol. The number of carbonyl (C=O) groups is 2. The summed E-state index contributed by atoms with van der Waals surface area (Å²) >= 11 is 0. The van der Waals surface area contributed by atoms with Crippen molar-refractivity contribution in [3.05, 3.63) is 54.0 Å². The first-order chi connectivity index (χ1) is 12.1. The molecule has 128 valence electrons. The topological polar surface area (TPSA) is 95.4 Å². The van der Waals surface area contributed by atoms with E-state index in [-0.39, 0.29) is 23.7 Å². The molecule has 0 radical (unpaired) electrons. The van der Waals surface area contributed by atoms with E-state index in [1.165, 1.54) is 6.07 Å². The fourth-order valence-corrected chi connectivity index (χ4v) is 3.44. The number of nitrogens with one attached hydrogen (secondary N) is 1. The summed E-state index contributed by atoms with van der Waals surface area (Å²) in [7, 11) is 0. The van der Waals surface area contributed by atoms with Gasteiger partial charge in [-0.3, -0.25) is 9.78 Å². The Morgan fingerprint density at radius 3 is 2.76 bits per heavy atom. The van der Waals surface area contributed by atoms with Crippen molar-refractivity contribution in [1.82, 2.24) is 14.9 Å². The van der Waals surface area contributed by atoms with Crippen molar-refractivity contribution in [3.63, 3.8) is 0 Å². The van der Waals surface area contributed by atoms with Crippen LogP contribution >= 0.6 is 0 Å². The fourth-order valence-electron chi connectivity index (χ4n) is 3.44. The summed E-state index contributed by atoms with van der Waals surface area (Å²) < 4.78 is 0. The van der Waals surface area contributed by atoms with Gasteiger partial charge in [-0.1, -0.05) is 12.1 Å². The van der Waals surface area contributed by atoms with Crippen LogP contribution in [-0.4, -0.2) is 43.9 Å². The molecule has 7 heteroatoms. The zero-order chi connectivity index (χ0) is 17.4. The number of carboxylic acids is 1. The van der Waals surface area contributed by atoms with Crippen LogP contribution in [0.25, 0.3) is 0 Å². The van der Waals surface area contributed by atoms with Crippen LogP contribution in [0.15, 0.2) is 42.7 Å². The van der Waals surface area contributed by atoms with Crippen molar-refractivity contribution < 1.29 is 14.7 Å². The summed E-state index contributed by atoms with van der Waals surface area (Å²) in [6.45, 7) is 0. The molecule has 3 heterocycles. The van der Waals surface area contributed by atoms with Gasteiger partial charge in [-0.15, -0.1) is 0 Å². The van der Waals surface area contributed by atoms with Gasteiger partial charge in [-0.05, 0) is 36.6 Å². The number of aromatic nitrogens is 2. The second kappa shape index (κ2) is 6.16. The van der Waals surface area contributed by atoms with Crippen molar-refractivity contribution in [2.24, 2.45) is 0 Å². The van der Waals surface area contributed by atoms with Crippen LogP contribution in [0.1, 0.15) is 41.4 Å². The van der Waals surface area contributed by atoms with Gasteiger partial charge in [0.2, 0.25) is 5.91 Å². The van der Waals surface area contributed by atoms with E-state index in [1.807, 2.05) is 17.0 Å². The van der Waals surface area contributed by atoms with Gasteiger partial charge >= 0.3 is 5.97 Å².